The first-order valence-electron chi connectivity index (χ1n) is 10.0. The third-order valence-corrected chi connectivity index (χ3v) is 5.67. The second-order valence-corrected chi connectivity index (χ2v) is 7.87. The molecule has 0 fully saturated rings. The highest BCUT2D eigenvalue weighted by Crippen LogP contribution is 2.33. The second kappa shape index (κ2) is 10.1. The SMILES string of the molecule is COc1ccc(NC(=O)CSc2nc(-c3ccccc3)c(-c3ccccc3)[nH]2)cc1OC. The van der Waals surface area contributed by atoms with Crippen LogP contribution in [0.1, 0.15) is 0 Å². The van der Waals surface area contributed by atoms with Gasteiger partial charge in [-0.25, -0.2) is 4.98 Å². The first kappa shape index (κ1) is 21.5. The average molecular weight is 446 g/mol. The monoisotopic (exact) mass is 445 g/mol. The summed E-state index contributed by atoms with van der Waals surface area (Å²) < 4.78 is 10.5. The molecule has 0 atom stereocenters. The number of amides is 1. The highest BCUT2D eigenvalue weighted by molar-refractivity contribution is 7.99. The Morgan fingerprint density at radius 1 is 0.906 bits per heavy atom. The molecule has 2 N–H and O–H groups in total. The van der Waals surface area contributed by atoms with E-state index in [0.29, 0.717) is 22.3 Å². The Hall–Kier alpha value is -3.71. The zero-order valence-electron chi connectivity index (χ0n) is 17.8. The fraction of sp³-hybridized carbons (Fsp3) is 0.120. The van der Waals surface area contributed by atoms with Crippen LogP contribution in [0.25, 0.3) is 22.5 Å². The normalized spacial score (nSPS) is 10.6. The van der Waals surface area contributed by atoms with Crippen molar-refractivity contribution in [3.05, 3.63) is 78.9 Å². The molecule has 0 unspecified atom stereocenters. The van der Waals surface area contributed by atoms with Crippen LogP contribution in [0.2, 0.25) is 0 Å². The van der Waals surface area contributed by atoms with Crippen LogP contribution >= 0.6 is 11.8 Å². The number of nitrogens with zero attached hydrogens (tertiary/aromatic N) is 1. The summed E-state index contributed by atoms with van der Waals surface area (Å²) in [6.45, 7) is 0. The minimum atomic E-state index is -0.138. The lowest BCUT2D eigenvalue weighted by molar-refractivity contribution is -0.113. The molecule has 0 radical (unpaired) electrons. The van der Waals surface area contributed by atoms with E-state index in [1.54, 1.807) is 32.4 Å². The lowest BCUT2D eigenvalue weighted by Gasteiger charge is -2.10. The van der Waals surface area contributed by atoms with E-state index in [2.05, 4.69) is 10.3 Å². The van der Waals surface area contributed by atoms with Crippen LogP contribution < -0.4 is 14.8 Å². The molecule has 4 rings (SSSR count). The summed E-state index contributed by atoms with van der Waals surface area (Å²) in [7, 11) is 3.13. The zero-order valence-corrected chi connectivity index (χ0v) is 18.6. The predicted molar refractivity (Wildman–Crippen MR) is 128 cm³/mol. The minimum Gasteiger partial charge on any atom is -0.493 e. The van der Waals surface area contributed by atoms with Gasteiger partial charge in [-0.1, -0.05) is 72.4 Å². The van der Waals surface area contributed by atoms with Crippen molar-refractivity contribution >= 4 is 23.4 Å². The number of thioether (sulfide) groups is 1. The molecule has 1 aromatic heterocycles. The Kier molecular flexibility index (Phi) is 6.77. The van der Waals surface area contributed by atoms with Crippen LogP contribution in [-0.4, -0.2) is 35.8 Å². The average Bonchev–Trinajstić information content (AvgIpc) is 3.28. The van der Waals surface area contributed by atoms with E-state index in [9.17, 15) is 4.79 Å². The van der Waals surface area contributed by atoms with Crippen molar-refractivity contribution in [3.8, 4) is 34.0 Å². The largest absolute Gasteiger partial charge is 0.493 e. The maximum Gasteiger partial charge on any atom is 0.234 e. The van der Waals surface area contributed by atoms with Crippen molar-refractivity contribution < 1.29 is 14.3 Å². The van der Waals surface area contributed by atoms with Gasteiger partial charge >= 0.3 is 0 Å². The third kappa shape index (κ3) is 4.95. The summed E-state index contributed by atoms with van der Waals surface area (Å²) >= 11 is 1.36. The van der Waals surface area contributed by atoms with Crippen molar-refractivity contribution in [1.29, 1.82) is 0 Å². The molecule has 7 heteroatoms. The van der Waals surface area contributed by atoms with Gasteiger partial charge in [0, 0.05) is 22.9 Å². The quantitative estimate of drug-likeness (QED) is 0.351. The highest BCUT2D eigenvalue weighted by Gasteiger charge is 2.15. The lowest BCUT2D eigenvalue weighted by Crippen LogP contribution is -2.14. The molecule has 0 aliphatic carbocycles. The molecule has 1 amide bonds. The number of carbonyl (C=O) groups excluding carboxylic acids is 1. The van der Waals surface area contributed by atoms with Gasteiger partial charge in [-0.3, -0.25) is 4.79 Å². The van der Waals surface area contributed by atoms with Crippen molar-refractivity contribution in [2.75, 3.05) is 25.3 Å². The molecule has 0 saturated heterocycles. The highest BCUT2D eigenvalue weighted by atomic mass is 32.2. The zero-order chi connectivity index (χ0) is 22.3. The standard InChI is InChI=1S/C25H23N3O3S/c1-30-20-14-13-19(15-21(20)31-2)26-22(29)16-32-25-27-23(17-9-5-3-6-10-17)24(28-25)18-11-7-4-8-12-18/h3-15H,16H2,1-2H3,(H,26,29)(H,27,28). The number of aromatic nitrogens is 2. The Balaban J connectivity index is 1.50. The number of ether oxygens (including phenoxy) is 2. The van der Waals surface area contributed by atoms with Crippen LogP contribution in [0.15, 0.2) is 84.0 Å². The van der Waals surface area contributed by atoms with Gasteiger partial charge in [-0.2, -0.15) is 0 Å². The number of aromatic amines is 1. The van der Waals surface area contributed by atoms with Crippen molar-refractivity contribution in [1.82, 2.24) is 9.97 Å². The first-order chi connectivity index (χ1) is 15.7. The summed E-state index contributed by atoms with van der Waals surface area (Å²) in [6, 6.07) is 25.3. The molecule has 0 bridgehead atoms. The van der Waals surface area contributed by atoms with Gasteiger partial charge < -0.3 is 19.8 Å². The van der Waals surface area contributed by atoms with Crippen molar-refractivity contribution in [3.63, 3.8) is 0 Å². The molecule has 0 saturated carbocycles. The number of rotatable bonds is 8. The molecule has 6 nitrogen and oxygen atoms in total. The van der Waals surface area contributed by atoms with Gasteiger partial charge in [0.2, 0.25) is 5.91 Å². The fourth-order valence-corrected chi connectivity index (χ4v) is 3.95. The second-order valence-electron chi connectivity index (χ2n) is 6.90. The number of benzene rings is 3. The summed E-state index contributed by atoms with van der Waals surface area (Å²) in [5, 5.41) is 3.57. The van der Waals surface area contributed by atoms with Gasteiger partial charge in [0.1, 0.15) is 0 Å². The molecule has 4 aromatic rings. The number of hydrogen-bond donors (Lipinski definition) is 2. The Labute approximate surface area is 191 Å². The predicted octanol–water partition coefficient (Wildman–Crippen LogP) is 5.49. The van der Waals surface area contributed by atoms with E-state index in [0.717, 1.165) is 22.5 Å². The molecule has 32 heavy (non-hydrogen) atoms. The smallest absolute Gasteiger partial charge is 0.234 e. The van der Waals surface area contributed by atoms with Gasteiger partial charge in [0.15, 0.2) is 16.7 Å². The minimum absolute atomic E-state index is 0.138. The lowest BCUT2D eigenvalue weighted by atomic mass is 10.1. The Bertz CT molecular complexity index is 1140. The molecule has 1 heterocycles. The number of methoxy groups -OCH3 is 2. The van der Waals surface area contributed by atoms with Gasteiger partial charge in [-0.15, -0.1) is 0 Å². The van der Waals surface area contributed by atoms with Gasteiger partial charge in [0.05, 0.1) is 31.4 Å². The van der Waals surface area contributed by atoms with E-state index >= 15 is 0 Å². The summed E-state index contributed by atoms with van der Waals surface area (Å²) in [4.78, 5) is 20.7. The van der Waals surface area contributed by atoms with Crippen LogP contribution in [0, 0.1) is 0 Å². The number of carbonyl (C=O) groups is 1. The molecular weight excluding hydrogens is 422 g/mol. The number of H-pyrrole nitrogens is 1. The summed E-state index contributed by atoms with van der Waals surface area (Å²) in [5.74, 6) is 1.24. The number of nitrogens with one attached hydrogen (secondary N) is 2. The Morgan fingerprint density at radius 3 is 2.22 bits per heavy atom. The molecular formula is C25H23N3O3S. The van der Waals surface area contributed by atoms with E-state index in [1.807, 2.05) is 60.7 Å². The van der Waals surface area contributed by atoms with Gasteiger partial charge in [-0.05, 0) is 12.1 Å². The maximum absolute atomic E-state index is 12.5. The van der Waals surface area contributed by atoms with Crippen molar-refractivity contribution in [2.24, 2.45) is 0 Å². The van der Waals surface area contributed by atoms with E-state index < -0.39 is 0 Å². The molecule has 0 spiro atoms. The number of hydrogen-bond acceptors (Lipinski definition) is 5. The topological polar surface area (TPSA) is 76.2 Å². The molecule has 0 aliphatic heterocycles. The maximum atomic E-state index is 12.5. The molecule has 3 aromatic carbocycles. The van der Waals surface area contributed by atoms with Crippen LogP contribution in [0.3, 0.4) is 0 Å². The molecule has 0 aliphatic rings. The van der Waals surface area contributed by atoms with E-state index in [1.165, 1.54) is 11.8 Å². The van der Waals surface area contributed by atoms with Crippen LogP contribution in [0.5, 0.6) is 11.5 Å². The summed E-state index contributed by atoms with van der Waals surface area (Å²) in [5.41, 5.74) is 4.49. The Morgan fingerprint density at radius 2 is 1.56 bits per heavy atom. The van der Waals surface area contributed by atoms with Gasteiger partial charge in [0.25, 0.3) is 0 Å². The van der Waals surface area contributed by atoms with Crippen LogP contribution in [0.4, 0.5) is 5.69 Å². The first-order valence-corrected chi connectivity index (χ1v) is 11.0. The number of anilines is 1. The van der Waals surface area contributed by atoms with E-state index in [4.69, 9.17) is 14.5 Å². The number of imidazole rings is 1. The van der Waals surface area contributed by atoms with Crippen LogP contribution in [-0.2, 0) is 4.79 Å². The van der Waals surface area contributed by atoms with Crippen molar-refractivity contribution in [2.45, 2.75) is 5.16 Å². The van der Waals surface area contributed by atoms with E-state index in [-0.39, 0.29) is 11.7 Å². The molecule has 162 valence electrons. The third-order valence-electron chi connectivity index (χ3n) is 4.80. The fourth-order valence-electron chi connectivity index (χ4n) is 3.28. The summed E-state index contributed by atoms with van der Waals surface area (Å²) in [6.07, 6.45) is 0.